The predicted octanol–water partition coefficient (Wildman–Crippen LogP) is 2.76. The highest BCUT2D eigenvalue weighted by Gasteiger charge is 2.06. The summed E-state index contributed by atoms with van der Waals surface area (Å²) in [4.78, 5) is 4.39. The molecule has 0 bridgehead atoms. The molecule has 2 aromatic heterocycles. The van der Waals surface area contributed by atoms with Gasteiger partial charge >= 0.3 is 0 Å². The standard InChI is InChI=1S/C12H8ClN3O/c13-9-3-1-8(2-4-9)10-7-12(17)16-11(15-10)5-6-14-16/h1-7,17H. The number of hydrogen-bond acceptors (Lipinski definition) is 3. The van der Waals surface area contributed by atoms with Crippen molar-refractivity contribution in [3.05, 3.63) is 47.6 Å². The van der Waals surface area contributed by atoms with Gasteiger partial charge in [0.05, 0.1) is 11.9 Å². The Morgan fingerprint density at radius 2 is 1.88 bits per heavy atom. The third-order valence-electron chi connectivity index (χ3n) is 2.48. The summed E-state index contributed by atoms with van der Waals surface area (Å²) < 4.78 is 1.37. The minimum absolute atomic E-state index is 0.0601. The number of benzene rings is 1. The molecule has 1 aromatic carbocycles. The van der Waals surface area contributed by atoms with Crippen molar-refractivity contribution < 1.29 is 5.11 Å². The second-order valence-corrected chi connectivity index (χ2v) is 4.04. The third-order valence-corrected chi connectivity index (χ3v) is 2.73. The summed E-state index contributed by atoms with van der Waals surface area (Å²) in [6.07, 6.45) is 1.59. The monoisotopic (exact) mass is 245 g/mol. The molecule has 0 aliphatic carbocycles. The van der Waals surface area contributed by atoms with Crippen LogP contribution in [0.1, 0.15) is 0 Å². The van der Waals surface area contributed by atoms with E-state index in [-0.39, 0.29) is 5.88 Å². The Morgan fingerprint density at radius 1 is 1.12 bits per heavy atom. The first-order valence-corrected chi connectivity index (χ1v) is 5.41. The molecule has 5 heteroatoms. The largest absolute Gasteiger partial charge is 0.493 e. The lowest BCUT2D eigenvalue weighted by Crippen LogP contribution is -1.93. The summed E-state index contributed by atoms with van der Waals surface area (Å²) in [5, 5.41) is 14.4. The van der Waals surface area contributed by atoms with Crippen LogP contribution in [0.25, 0.3) is 16.9 Å². The minimum Gasteiger partial charge on any atom is -0.493 e. The van der Waals surface area contributed by atoms with Gasteiger partial charge in [-0.1, -0.05) is 23.7 Å². The first-order chi connectivity index (χ1) is 8.24. The molecular formula is C12H8ClN3O. The van der Waals surface area contributed by atoms with Gasteiger partial charge in [-0.05, 0) is 12.1 Å². The van der Waals surface area contributed by atoms with E-state index in [4.69, 9.17) is 11.6 Å². The molecule has 4 nitrogen and oxygen atoms in total. The van der Waals surface area contributed by atoms with Crippen LogP contribution in [0.2, 0.25) is 5.02 Å². The summed E-state index contributed by atoms with van der Waals surface area (Å²) in [6, 6.07) is 10.6. The minimum atomic E-state index is 0.0601. The second kappa shape index (κ2) is 3.75. The molecule has 84 valence electrons. The lowest BCUT2D eigenvalue weighted by atomic mass is 10.1. The fourth-order valence-electron chi connectivity index (χ4n) is 1.67. The van der Waals surface area contributed by atoms with E-state index in [2.05, 4.69) is 10.1 Å². The molecule has 0 amide bonds. The van der Waals surface area contributed by atoms with Crippen LogP contribution in [0.4, 0.5) is 0 Å². The zero-order chi connectivity index (χ0) is 11.8. The van der Waals surface area contributed by atoms with E-state index >= 15 is 0 Å². The van der Waals surface area contributed by atoms with Crippen molar-refractivity contribution in [3.8, 4) is 17.1 Å². The van der Waals surface area contributed by atoms with Gasteiger partial charge in [0.2, 0.25) is 5.88 Å². The number of halogens is 1. The third kappa shape index (κ3) is 1.72. The molecule has 0 aliphatic heterocycles. The Morgan fingerprint density at radius 3 is 2.65 bits per heavy atom. The van der Waals surface area contributed by atoms with Gasteiger partial charge in [0.15, 0.2) is 5.65 Å². The molecular weight excluding hydrogens is 238 g/mol. The highest BCUT2D eigenvalue weighted by Crippen LogP contribution is 2.23. The lowest BCUT2D eigenvalue weighted by Gasteiger charge is -2.03. The summed E-state index contributed by atoms with van der Waals surface area (Å²) in [5.41, 5.74) is 2.19. The van der Waals surface area contributed by atoms with Crippen molar-refractivity contribution in [2.75, 3.05) is 0 Å². The second-order valence-electron chi connectivity index (χ2n) is 3.61. The number of aromatic hydroxyl groups is 1. The van der Waals surface area contributed by atoms with Gasteiger partial charge in [-0.3, -0.25) is 0 Å². The quantitative estimate of drug-likeness (QED) is 0.717. The summed E-state index contributed by atoms with van der Waals surface area (Å²) in [5.74, 6) is 0.0601. The maximum Gasteiger partial charge on any atom is 0.216 e. The maximum atomic E-state index is 9.79. The van der Waals surface area contributed by atoms with Crippen LogP contribution in [0.3, 0.4) is 0 Å². The Bertz CT molecular complexity index is 676. The van der Waals surface area contributed by atoms with E-state index in [1.165, 1.54) is 4.52 Å². The normalized spacial score (nSPS) is 10.9. The van der Waals surface area contributed by atoms with Crippen LogP contribution in [-0.2, 0) is 0 Å². The summed E-state index contributed by atoms with van der Waals surface area (Å²) in [6.45, 7) is 0. The van der Waals surface area contributed by atoms with Crippen LogP contribution in [-0.4, -0.2) is 19.7 Å². The molecule has 0 radical (unpaired) electrons. The zero-order valence-electron chi connectivity index (χ0n) is 8.71. The molecule has 0 unspecified atom stereocenters. The first kappa shape index (κ1) is 10.1. The fraction of sp³-hybridized carbons (Fsp3) is 0. The molecule has 0 saturated carbocycles. The first-order valence-electron chi connectivity index (χ1n) is 5.04. The van der Waals surface area contributed by atoms with Crippen molar-refractivity contribution in [1.29, 1.82) is 0 Å². The highest BCUT2D eigenvalue weighted by atomic mass is 35.5. The predicted molar refractivity (Wildman–Crippen MR) is 65.1 cm³/mol. The Balaban J connectivity index is 2.20. The Hall–Kier alpha value is -2.07. The molecule has 17 heavy (non-hydrogen) atoms. The Labute approximate surface area is 102 Å². The molecule has 1 N–H and O–H groups in total. The SMILES string of the molecule is Oc1cc(-c2ccc(Cl)cc2)nc2ccnn12. The Kier molecular flexibility index (Phi) is 2.23. The molecule has 3 aromatic rings. The molecule has 0 aliphatic rings. The smallest absolute Gasteiger partial charge is 0.216 e. The number of fused-ring (bicyclic) bond motifs is 1. The molecule has 2 heterocycles. The van der Waals surface area contributed by atoms with E-state index in [1.54, 1.807) is 30.5 Å². The number of rotatable bonds is 1. The molecule has 0 fully saturated rings. The van der Waals surface area contributed by atoms with Crippen molar-refractivity contribution >= 4 is 17.2 Å². The number of nitrogens with zero attached hydrogens (tertiary/aromatic N) is 3. The van der Waals surface area contributed by atoms with Crippen LogP contribution in [0, 0.1) is 0 Å². The van der Waals surface area contributed by atoms with Gasteiger partial charge in [0.1, 0.15) is 0 Å². The lowest BCUT2D eigenvalue weighted by molar-refractivity contribution is 0.435. The van der Waals surface area contributed by atoms with Crippen LogP contribution >= 0.6 is 11.6 Å². The molecule has 0 atom stereocenters. The van der Waals surface area contributed by atoms with Gasteiger partial charge in [0.25, 0.3) is 0 Å². The van der Waals surface area contributed by atoms with Crippen molar-refractivity contribution in [3.63, 3.8) is 0 Å². The molecule has 0 saturated heterocycles. The van der Waals surface area contributed by atoms with Crippen LogP contribution < -0.4 is 0 Å². The fourth-order valence-corrected chi connectivity index (χ4v) is 1.79. The van der Waals surface area contributed by atoms with Crippen LogP contribution in [0.5, 0.6) is 5.88 Å². The van der Waals surface area contributed by atoms with E-state index < -0.39 is 0 Å². The average molecular weight is 246 g/mol. The van der Waals surface area contributed by atoms with Crippen molar-refractivity contribution in [1.82, 2.24) is 14.6 Å². The van der Waals surface area contributed by atoms with Crippen molar-refractivity contribution in [2.24, 2.45) is 0 Å². The van der Waals surface area contributed by atoms with E-state index in [9.17, 15) is 5.11 Å². The van der Waals surface area contributed by atoms with Crippen LogP contribution in [0.15, 0.2) is 42.6 Å². The molecule has 3 rings (SSSR count). The van der Waals surface area contributed by atoms with Gasteiger partial charge in [-0.25, -0.2) is 4.98 Å². The van der Waals surface area contributed by atoms with E-state index in [1.807, 2.05) is 12.1 Å². The van der Waals surface area contributed by atoms with E-state index in [0.29, 0.717) is 16.4 Å². The van der Waals surface area contributed by atoms with Gasteiger partial charge in [0, 0.05) is 22.7 Å². The topological polar surface area (TPSA) is 50.4 Å². The summed E-state index contributed by atoms with van der Waals surface area (Å²) >= 11 is 5.82. The average Bonchev–Trinajstić information content (AvgIpc) is 2.78. The van der Waals surface area contributed by atoms with Crippen molar-refractivity contribution in [2.45, 2.75) is 0 Å². The van der Waals surface area contributed by atoms with E-state index in [0.717, 1.165) is 5.56 Å². The molecule has 0 spiro atoms. The highest BCUT2D eigenvalue weighted by molar-refractivity contribution is 6.30. The van der Waals surface area contributed by atoms with Gasteiger partial charge in [-0.15, -0.1) is 0 Å². The van der Waals surface area contributed by atoms with Gasteiger partial charge in [-0.2, -0.15) is 9.61 Å². The summed E-state index contributed by atoms with van der Waals surface area (Å²) in [7, 11) is 0. The van der Waals surface area contributed by atoms with Gasteiger partial charge < -0.3 is 5.11 Å². The zero-order valence-corrected chi connectivity index (χ0v) is 9.46. The maximum absolute atomic E-state index is 9.79. The number of hydrogen-bond donors (Lipinski definition) is 1. The number of aromatic nitrogens is 3.